The Morgan fingerprint density at radius 1 is 1.05 bits per heavy atom. The lowest BCUT2D eigenvalue weighted by Crippen LogP contribution is -1.90. The standard InChI is InChI=1S/C16H15BrN2O2/c1-10-12(17)5-7-16-18-13(9-19(10)16)11-4-6-14(20-2)15(8-11)21-3/h4-9H,1-3H3. The van der Waals surface area contributed by atoms with Crippen molar-refractivity contribution in [3.63, 3.8) is 0 Å². The Labute approximate surface area is 131 Å². The van der Waals surface area contributed by atoms with Gasteiger partial charge in [-0.3, -0.25) is 0 Å². The molecule has 0 saturated carbocycles. The van der Waals surface area contributed by atoms with E-state index >= 15 is 0 Å². The molecule has 0 spiro atoms. The summed E-state index contributed by atoms with van der Waals surface area (Å²) in [5, 5.41) is 0. The van der Waals surface area contributed by atoms with Crippen LogP contribution in [0.25, 0.3) is 16.9 Å². The average Bonchev–Trinajstić information content (AvgIpc) is 2.95. The van der Waals surface area contributed by atoms with Crippen LogP contribution in [-0.2, 0) is 0 Å². The van der Waals surface area contributed by atoms with Crippen LogP contribution in [-0.4, -0.2) is 23.6 Å². The van der Waals surface area contributed by atoms with E-state index in [1.165, 1.54) is 0 Å². The number of aromatic nitrogens is 2. The molecule has 0 radical (unpaired) electrons. The second-order valence-electron chi connectivity index (χ2n) is 4.69. The van der Waals surface area contributed by atoms with E-state index in [0.717, 1.165) is 27.1 Å². The van der Waals surface area contributed by atoms with Crippen molar-refractivity contribution in [1.29, 1.82) is 0 Å². The third-order valence-electron chi connectivity index (χ3n) is 3.50. The monoisotopic (exact) mass is 346 g/mol. The van der Waals surface area contributed by atoms with E-state index in [-0.39, 0.29) is 0 Å². The van der Waals surface area contributed by atoms with Gasteiger partial charge in [0.1, 0.15) is 5.65 Å². The van der Waals surface area contributed by atoms with Gasteiger partial charge in [-0.05, 0) is 53.2 Å². The van der Waals surface area contributed by atoms with Crippen LogP contribution in [0.2, 0.25) is 0 Å². The number of methoxy groups -OCH3 is 2. The lowest BCUT2D eigenvalue weighted by Gasteiger charge is -2.08. The summed E-state index contributed by atoms with van der Waals surface area (Å²) in [6.45, 7) is 2.05. The fourth-order valence-corrected chi connectivity index (χ4v) is 2.62. The molecule has 0 unspecified atom stereocenters. The van der Waals surface area contributed by atoms with E-state index in [1.807, 2.05) is 36.5 Å². The number of hydrogen-bond donors (Lipinski definition) is 0. The zero-order valence-corrected chi connectivity index (χ0v) is 13.6. The molecule has 1 aromatic carbocycles. The molecule has 5 heteroatoms. The van der Waals surface area contributed by atoms with Gasteiger partial charge in [-0.2, -0.15) is 0 Å². The fraction of sp³-hybridized carbons (Fsp3) is 0.188. The molecule has 3 aromatic rings. The van der Waals surface area contributed by atoms with Crippen LogP contribution in [0.4, 0.5) is 0 Å². The highest BCUT2D eigenvalue weighted by atomic mass is 79.9. The van der Waals surface area contributed by atoms with Crippen molar-refractivity contribution >= 4 is 21.6 Å². The second-order valence-corrected chi connectivity index (χ2v) is 5.55. The lowest BCUT2D eigenvalue weighted by molar-refractivity contribution is 0.355. The predicted octanol–water partition coefficient (Wildman–Crippen LogP) is 4.09. The minimum absolute atomic E-state index is 0.699. The van der Waals surface area contributed by atoms with Gasteiger partial charge in [0.2, 0.25) is 0 Å². The zero-order valence-electron chi connectivity index (χ0n) is 12.1. The largest absolute Gasteiger partial charge is 0.493 e. The van der Waals surface area contributed by atoms with Gasteiger partial charge >= 0.3 is 0 Å². The Morgan fingerprint density at radius 2 is 1.81 bits per heavy atom. The average molecular weight is 347 g/mol. The Kier molecular flexibility index (Phi) is 3.59. The molecule has 2 aromatic heterocycles. The van der Waals surface area contributed by atoms with Crippen LogP contribution >= 0.6 is 15.9 Å². The molecule has 0 amide bonds. The van der Waals surface area contributed by atoms with Gasteiger partial charge in [0.15, 0.2) is 11.5 Å². The molecule has 108 valence electrons. The van der Waals surface area contributed by atoms with Crippen molar-refractivity contribution in [1.82, 2.24) is 9.38 Å². The number of benzene rings is 1. The molecule has 0 aliphatic carbocycles. The number of ether oxygens (including phenoxy) is 2. The quantitative estimate of drug-likeness (QED) is 0.716. The van der Waals surface area contributed by atoms with Crippen molar-refractivity contribution in [3.8, 4) is 22.8 Å². The van der Waals surface area contributed by atoms with Crippen LogP contribution < -0.4 is 9.47 Å². The summed E-state index contributed by atoms with van der Waals surface area (Å²) >= 11 is 3.54. The highest BCUT2D eigenvalue weighted by Crippen LogP contribution is 2.32. The lowest BCUT2D eigenvalue weighted by atomic mass is 10.1. The second kappa shape index (κ2) is 5.41. The van der Waals surface area contributed by atoms with E-state index in [9.17, 15) is 0 Å². The summed E-state index contributed by atoms with van der Waals surface area (Å²) in [5.74, 6) is 1.41. The van der Waals surface area contributed by atoms with Crippen molar-refractivity contribution in [2.45, 2.75) is 6.92 Å². The van der Waals surface area contributed by atoms with Gasteiger partial charge in [-0.25, -0.2) is 4.98 Å². The molecular weight excluding hydrogens is 332 g/mol. The maximum Gasteiger partial charge on any atom is 0.161 e. The number of rotatable bonds is 3. The zero-order chi connectivity index (χ0) is 15.0. The first-order valence-corrected chi connectivity index (χ1v) is 7.30. The first-order valence-electron chi connectivity index (χ1n) is 6.50. The molecule has 0 N–H and O–H groups in total. The van der Waals surface area contributed by atoms with E-state index in [4.69, 9.17) is 9.47 Å². The molecule has 2 heterocycles. The number of nitrogens with zero attached hydrogens (tertiary/aromatic N) is 2. The molecule has 3 rings (SSSR count). The molecule has 4 nitrogen and oxygen atoms in total. The van der Waals surface area contributed by atoms with Crippen molar-refractivity contribution in [3.05, 3.63) is 46.7 Å². The summed E-state index contributed by atoms with van der Waals surface area (Å²) in [4.78, 5) is 4.66. The van der Waals surface area contributed by atoms with Crippen molar-refractivity contribution in [2.75, 3.05) is 14.2 Å². The topological polar surface area (TPSA) is 35.8 Å². The Morgan fingerprint density at radius 3 is 2.52 bits per heavy atom. The highest BCUT2D eigenvalue weighted by Gasteiger charge is 2.10. The van der Waals surface area contributed by atoms with Crippen LogP contribution in [0, 0.1) is 6.92 Å². The van der Waals surface area contributed by atoms with Crippen LogP contribution in [0.3, 0.4) is 0 Å². The van der Waals surface area contributed by atoms with E-state index in [0.29, 0.717) is 11.5 Å². The van der Waals surface area contributed by atoms with E-state index in [2.05, 4.69) is 32.2 Å². The van der Waals surface area contributed by atoms with Crippen molar-refractivity contribution < 1.29 is 9.47 Å². The first-order chi connectivity index (χ1) is 10.1. The number of fused-ring (bicyclic) bond motifs is 1. The Hall–Kier alpha value is -2.01. The molecule has 0 atom stereocenters. The van der Waals surface area contributed by atoms with Crippen LogP contribution in [0.1, 0.15) is 5.69 Å². The first kappa shape index (κ1) is 13.9. The molecule has 0 aliphatic heterocycles. The molecular formula is C16H15BrN2O2. The normalized spacial score (nSPS) is 10.9. The van der Waals surface area contributed by atoms with Gasteiger partial charge in [0.25, 0.3) is 0 Å². The predicted molar refractivity (Wildman–Crippen MR) is 86.2 cm³/mol. The maximum absolute atomic E-state index is 5.35. The number of hydrogen-bond acceptors (Lipinski definition) is 3. The summed E-state index contributed by atoms with van der Waals surface area (Å²) in [6, 6.07) is 9.80. The summed E-state index contributed by atoms with van der Waals surface area (Å²) < 4.78 is 13.7. The summed E-state index contributed by atoms with van der Waals surface area (Å²) in [5.41, 5.74) is 3.93. The van der Waals surface area contributed by atoms with Gasteiger partial charge in [-0.15, -0.1) is 0 Å². The molecule has 0 fully saturated rings. The van der Waals surface area contributed by atoms with Crippen LogP contribution in [0.5, 0.6) is 11.5 Å². The summed E-state index contributed by atoms with van der Waals surface area (Å²) in [7, 11) is 3.26. The van der Waals surface area contributed by atoms with Crippen molar-refractivity contribution in [2.24, 2.45) is 0 Å². The van der Waals surface area contributed by atoms with Gasteiger partial charge in [0, 0.05) is 21.9 Å². The van der Waals surface area contributed by atoms with Gasteiger partial charge in [-0.1, -0.05) is 0 Å². The molecule has 0 saturated heterocycles. The Balaban J connectivity index is 2.14. The molecule has 0 bridgehead atoms. The minimum atomic E-state index is 0.699. The number of halogens is 1. The third kappa shape index (κ3) is 2.38. The Bertz CT molecular complexity index is 811. The smallest absolute Gasteiger partial charge is 0.161 e. The SMILES string of the molecule is COc1ccc(-c2cn3c(C)c(Br)ccc3n2)cc1OC. The van der Waals surface area contributed by atoms with E-state index in [1.54, 1.807) is 14.2 Å². The van der Waals surface area contributed by atoms with Gasteiger partial charge < -0.3 is 13.9 Å². The van der Waals surface area contributed by atoms with E-state index < -0.39 is 0 Å². The van der Waals surface area contributed by atoms with Crippen LogP contribution in [0.15, 0.2) is 41.0 Å². The highest BCUT2D eigenvalue weighted by molar-refractivity contribution is 9.10. The third-order valence-corrected chi connectivity index (χ3v) is 4.34. The maximum atomic E-state index is 5.35. The minimum Gasteiger partial charge on any atom is -0.493 e. The molecule has 21 heavy (non-hydrogen) atoms. The number of imidazole rings is 1. The number of aryl methyl sites for hydroxylation is 1. The number of pyridine rings is 1. The molecule has 0 aliphatic rings. The summed E-state index contributed by atoms with van der Waals surface area (Å²) in [6.07, 6.45) is 2.02. The van der Waals surface area contributed by atoms with Gasteiger partial charge in [0.05, 0.1) is 19.9 Å². The fourth-order valence-electron chi connectivity index (χ4n) is 2.30.